The largest absolute Gasteiger partial charge is 0.332 e. The zero-order valence-electron chi connectivity index (χ0n) is 33.2. The van der Waals surface area contributed by atoms with Gasteiger partial charge < -0.3 is 9.55 Å². The number of para-hydroxylation sites is 2. The molecule has 0 saturated heterocycles. The van der Waals surface area contributed by atoms with E-state index in [0.717, 1.165) is 39.4 Å². The summed E-state index contributed by atoms with van der Waals surface area (Å²) in [4.78, 5) is 9.43. The number of nitrogens with zero attached hydrogens (tertiary/aromatic N) is 3. The van der Waals surface area contributed by atoms with Crippen molar-refractivity contribution in [2.45, 2.75) is 13.8 Å². The summed E-state index contributed by atoms with van der Waals surface area (Å²) in [5, 5.41) is 9.18. The van der Waals surface area contributed by atoms with Crippen LogP contribution in [0, 0.1) is 25.2 Å². The Morgan fingerprint density at radius 1 is 0.679 bits per heavy atom. The van der Waals surface area contributed by atoms with E-state index in [1.807, 2.05) is 18.2 Å². The summed E-state index contributed by atoms with van der Waals surface area (Å²) in [6, 6.07) is 57.2. The van der Waals surface area contributed by atoms with Gasteiger partial charge in [-0.2, -0.15) is 11.3 Å². The number of imidazole rings is 1. The topological polar surface area (TPSA) is 30.7 Å². The first-order chi connectivity index (χ1) is 28.3. The molecule has 0 amide bonds. The number of aromatic nitrogens is 3. The molecule has 1 radical (unpaired) electrons. The van der Waals surface area contributed by atoms with Crippen molar-refractivity contribution in [1.29, 1.82) is 0 Å². The Morgan fingerprint density at radius 2 is 1.41 bits per heavy atom. The van der Waals surface area contributed by atoms with Crippen LogP contribution >= 0.6 is 22.7 Å². The van der Waals surface area contributed by atoms with Crippen molar-refractivity contribution in [3.63, 3.8) is 0 Å². The summed E-state index contributed by atoms with van der Waals surface area (Å²) in [6.07, 6.45) is 1.39. The van der Waals surface area contributed by atoms with E-state index in [0.29, 0.717) is 0 Å². The second kappa shape index (κ2) is 16.5. The maximum atomic E-state index is 7.23. The zero-order chi connectivity index (χ0) is 39.6. The van der Waals surface area contributed by atoms with Gasteiger partial charge >= 0.3 is 0 Å². The van der Waals surface area contributed by atoms with Gasteiger partial charge in [-0.1, -0.05) is 119 Å². The monoisotopic (exact) mass is 937 g/mol. The molecule has 0 aliphatic heterocycles. The summed E-state index contributed by atoms with van der Waals surface area (Å²) in [5.41, 5.74) is 14.4. The normalized spacial score (nSPS) is 11.9. The van der Waals surface area contributed by atoms with E-state index >= 15 is 0 Å². The third kappa shape index (κ3) is 7.45. The quantitative estimate of drug-likeness (QED) is 0.156. The predicted molar refractivity (Wildman–Crippen MR) is 233 cm³/mol. The van der Waals surface area contributed by atoms with E-state index in [1.54, 1.807) is 40.9 Å². The van der Waals surface area contributed by atoms with Crippen molar-refractivity contribution in [3.05, 3.63) is 197 Å². The van der Waals surface area contributed by atoms with Gasteiger partial charge in [-0.05, 0) is 93.9 Å². The fraction of sp³-hybridized carbons (Fsp3) is 0.0400. The van der Waals surface area contributed by atoms with Gasteiger partial charge in [0.25, 0.3) is 0 Å². The molecule has 0 saturated carbocycles. The molecule has 0 N–H and O–H groups in total. The number of pyridine rings is 1. The van der Waals surface area contributed by atoms with Crippen LogP contribution in [-0.2, 0) is 20.1 Å². The molecule has 0 fully saturated rings. The third-order valence-corrected chi connectivity index (χ3v) is 11.1. The van der Waals surface area contributed by atoms with Crippen LogP contribution in [0.5, 0.6) is 0 Å². The van der Waals surface area contributed by atoms with Crippen molar-refractivity contribution in [1.82, 2.24) is 14.5 Å². The van der Waals surface area contributed by atoms with Crippen molar-refractivity contribution in [3.8, 4) is 61.7 Å². The van der Waals surface area contributed by atoms with Gasteiger partial charge in [-0.25, -0.2) is 0 Å². The van der Waals surface area contributed by atoms with Crippen molar-refractivity contribution in [2.24, 2.45) is 0 Å². The van der Waals surface area contributed by atoms with Crippen LogP contribution in [0.3, 0.4) is 0 Å². The van der Waals surface area contributed by atoms with Crippen LogP contribution in [-0.4, -0.2) is 14.5 Å². The van der Waals surface area contributed by atoms with Gasteiger partial charge in [0.15, 0.2) is 0 Å². The number of rotatable bonds is 6. The second-order valence-corrected chi connectivity index (χ2v) is 14.8. The molecule has 0 atom stereocenters. The Bertz CT molecular complexity index is 2920. The number of thiophene rings is 2. The minimum absolute atomic E-state index is 0. The van der Waals surface area contributed by atoms with Gasteiger partial charge in [0, 0.05) is 41.5 Å². The average molecular weight is 937 g/mol. The number of fused-ring (bicyclic) bond motifs is 2. The van der Waals surface area contributed by atoms with E-state index < -0.39 is 6.85 Å². The molecule has 0 bridgehead atoms. The second-order valence-electron chi connectivity index (χ2n) is 13.2. The molecule has 0 aliphatic rings. The van der Waals surface area contributed by atoms with Gasteiger partial charge in [-0.15, -0.1) is 41.3 Å². The molecule has 6 heteroatoms. The molecular weight excluding hydrogens is 899 g/mol. The first-order valence-electron chi connectivity index (χ1n) is 19.5. The summed E-state index contributed by atoms with van der Waals surface area (Å²) >= 11 is 3.38. The van der Waals surface area contributed by atoms with Crippen LogP contribution < -0.4 is 0 Å². The van der Waals surface area contributed by atoms with Crippen LogP contribution in [0.2, 0.25) is 0 Å². The Morgan fingerprint density at radius 3 is 2.07 bits per heavy atom. The number of aryl methyl sites for hydroxylation is 2. The molecule has 0 spiro atoms. The Hall–Kier alpha value is -5.75. The Balaban J connectivity index is 0.000000240. The maximum Gasteiger partial charge on any atom is 0.0774 e. The first-order valence-corrected chi connectivity index (χ1v) is 19.7. The van der Waals surface area contributed by atoms with Crippen molar-refractivity contribution < 1.29 is 24.2 Å². The molecule has 3 nitrogen and oxygen atoms in total. The van der Waals surface area contributed by atoms with Crippen LogP contribution in [0.1, 0.15) is 15.2 Å². The number of hydrogen-bond acceptors (Lipinski definition) is 4. The van der Waals surface area contributed by atoms with Crippen LogP contribution in [0.25, 0.3) is 82.8 Å². The van der Waals surface area contributed by atoms with E-state index in [2.05, 4.69) is 160 Å². The standard InChI is InChI=1S/C38H25N2S2.C12H10N.Ir/c1-25-20-30(26-10-4-2-5-11-26)37(31(21-25)27-12-6-3-7-13-27)40-35-15-9-8-14-34(35)39-38(40)33-24-42-36-17-16-28(22-32(33)36)29-18-19-41-23-29;1-10-7-8-12(13-9-10)11-5-3-2-4-6-11;/h2-23H,1H3;2-5,7-9H,1H3;/q2*-1;/i;1D3;. The summed E-state index contributed by atoms with van der Waals surface area (Å²) in [6.45, 7) is 0.0909. The van der Waals surface area contributed by atoms with Gasteiger partial charge in [0.2, 0.25) is 0 Å². The minimum atomic E-state index is -2.09. The maximum absolute atomic E-state index is 7.23. The number of benzene rings is 6. The predicted octanol–water partition coefficient (Wildman–Crippen LogP) is 13.9. The SMILES string of the molecule is Cc1cc(-c2ccccc2)c(-n2c(-c3[c-]sc4ccc(-c5ccsc5)cc34)nc3ccccc32)c(-c2ccccc2)c1.[2H]C([2H])([2H])c1ccc(-c2[c-]cccc2)nc1.[Ir]. The van der Waals surface area contributed by atoms with E-state index in [4.69, 9.17) is 9.10 Å². The fourth-order valence-corrected chi connectivity index (χ4v) is 8.46. The molecule has 4 aromatic heterocycles. The van der Waals surface area contributed by atoms with Crippen LogP contribution in [0.15, 0.2) is 175 Å². The first kappa shape index (κ1) is 33.6. The van der Waals surface area contributed by atoms with E-state index in [1.165, 1.54) is 55.2 Å². The van der Waals surface area contributed by atoms with E-state index in [9.17, 15) is 0 Å². The molecule has 10 aromatic rings. The smallest absolute Gasteiger partial charge is 0.0774 e. The third-order valence-electron chi connectivity index (χ3n) is 9.55. The van der Waals surface area contributed by atoms with Crippen LogP contribution in [0.4, 0.5) is 0 Å². The molecule has 0 unspecified atom stereocenters. The van der Waals surface area contributed by atoms with Gasteiger partial charge in [-0.3, -0.25) is 16.3 Å². The zero-order valence-corrected chi connectivity index (χ0v) is 34.3. The fourth-order valence-electron chi connectivity index (χ4n) is 6.97. The molecule has 56 heavy (non-hydrogen) atoms. The summed E-state index contributed by atoms with van der Waals surface area (Å²) < 4.78 is 25.3. The molecule has 273 valence electrons. The van der Waals surface area contributed by atoms with E-state index in [-0.39, 0.29) is 25.7 Å². The van der Waals surface area contributed by atoms with Gasteiger partial charge in [0.1, 0.15) is 0 Å². The van der Waals surface area contributed by atoms with Crippen molar-refractivity contribution >= 4 is 43.8 Å². The molecule has 6 aromatic carbocycles. The minimum Gasteiger partial charge on any atom is -0.332 e. The Kier molecular flexibility index (Phi) is 9.92. The summed E-state index contributed by atoms with van der Waals surface area (Å²) in [7, 11) is 0. The molecule has 0 aliphatic carbocycles. The Labute approximate surface area is 353 Å². The molecular formula is C50H35IrN3S2-2. The van der Waals surface area contributed by atoms with Crippen molar-refractivity contribution in [2.75, 3.05) is 0 Å². The molecule has 10 rings (SSSR count). The average Bonchev–Trinajstić information content (AvgIpc) is 4.04. The summed E-state index contributed by atoms with van der Waals surface area (Å²) in [5.74, 6) is 0.906. The molecule has 4 heterocycles. The number of hydrogen-bond donors (Lipinski definition) is 0. The van der Waals surface area contributed by atoms with Gasteiger partial charge in [0.05, 0.1) is 22.5 Å².